The lowest BCUT2D eigenvalue weighted by Crippen LogP contribution is -2.47. The first-order valence-corrected chi connectivity index (χ1v) is 8.23. The molecule has 2 N–H and O–H groups in total. The second kappa shape index (κ2) is 8.26. The van der Waals surface area contributed by atoms with Crippen LogP contribution in [0.3, 0.4) is 0 Å². The van der Waals surface area contributed by atoms with Crippen molar-refractivity contribution in [3.05, 3.63) is 35.9 Å². The van der Waals surface area contributed by atoms with Gasteiger partial charge in [-0.25, -0.2) is 0 Å². The molecule has 3 unspecified atom stereocenters. The minimum Gasteiger partial charge on any atom is -0.481 e. The highest BCUT2D eigenvalue weighted by Gasteiger charge is 2.36. The Morgan fingerprint density at radius 3 is 2.71 bits per heavy atom. The van der Waals surface area contributed by atoms with Crippen LogP contribution in [0.25, 0.3) is 0 Å². The number of carboxylic acids is 1. The highest BCUT2D eigenvalue weighted by Crippen LogP contribution is 2.23. The van der Waals surface area contributed by atoms with Crippen molar-refractivity contribution in [2.45, 2.75) is 44.3 Å². The third kappa shape index (κ3) is 4.55. The topological polar surface area (TPSA) is 84.9 Å². The van der Waals surface area contributed by atoms with Crippen molar-refractivity contribution in [1.82, 2.24) is 5.32 Å². The van der Waals surface area contributed by atoms with Gasteiger partial charge in [0.2, 0.25) is 5.91 Å². The van der Waals surface area contributed by atoms with E-state index in [1.165, 1.54) is 0 Å². The molecule has 6 nitrogen and oxygen atoms in total. The number of carboxylic acid groups (broad SMARTS) is 1. The van der Waals surface area contributed by atoms with E-state index in [0.29, 0.717) is 12.2 Å². The van der Waals surface area contributed by atoms with E-state index in [1.54, 1.807) is 38.1 Å². The van der Waals surface area contributed by atoms with Crippen molar-refractivity contribution in [3.8, 4) is 0 Å². The zero-order valence-electron chi connectivity index (χ0n) is 14.2. The summed E-state index contributed by atoms with van der Waals surface area (Å²) in [6.07, 6.45) is 1.36. The van der Waals surface area contributed by atoms with Crippen LogP contribution < -0.4 is 5.32 Å². The summed E-state index contributed by atoms with van der Waals surface area (Å²) in [5.74, 6) is -1.31. The third-order valence-electron chi connectivity index (χ3n) is 4.42. The maximum atomic E-state index is 12.2. The van der Waals surface area contributed by atoms with Crippen LogP contribution in [0.2, 0.25) is 0 Å². The van der Waals surface area contributed by atoms with Gasteiger partial charge in [0.25, 0.3) is 0 Å². The fourth-order valence-corrected chi connectivity index (χ4v) is 2.62. The molecule has 0 spiro atoms. The normalized spacial score (nSPS) is 21.0. The summed E-state index contributed by atoms with van der Waals surface area (Å²) in [6, 6.07) is 8.89. The summed E-state index contributed by atoms with van der Waals surface area (Å²) in [5.41, 5.74) is -0.545. The number of aliphatic carboxylic acids is 1. The van der Waals surface area contributed by atoms with Crippen LogP contribution >= 0.6 is 0 Å². The Labute approximate surface area is 142 Å². The molecule has 1 aliphatic rings. The lowest BCUT2D eigenvalue weighted by Gasteiger charge is -2.26. The van der Waals surface area contributed by atoms with Crippen LogP contribution in [0.15, 0.2) is 30.3 Å². The number of carbonyl (C=O) groups excluding carboxylic acids is 1. The van der Waals surface area contributed by atoms with E-state index in [1.807, 2.05) is 6.07 Å². The van der Waals surface area contributed by atoms with Gasteiger partial charge in [0.1, 0.15) is 11.5 Å². The van der Waals surface area contributed by atoms with Crippen LogP contribution in [0.4, 0.5) is 0 Å². The Bertz CT molecular complexity index is 556. The quantitative estimate of drug-likeness (QED) is 0.756. The highest BCUT2D eigenvalue weighted by atomic mass is 16.5. The molecule has 0 radical (unpaired) electrons. The van der Waals surface area contributed by atoms with E-state index in [9.17, 15) is 14.7 Å². The molecule has 6 heteroatoms. The first-order valence-electron chi connectivity index (χ1n) is 8.23. The van der Waals surface area contributed by atoms with Gasteiger partial charge in [-0.2, -0.15) is 0 Å². The van der Waals surface area contributed by atoms with E-state index in [-0.39, 0.29) is 18.6 Å². The number of hydrogen-bond donors (Lipinski definition) is 2. The maximum Gasteiger partial charge on any atom is 0.315 e. The largest absolute Gasteiger partial charge is 0.481 e. The molecule has 1 aliphatic heterocycles. The number of ether oxygens (including phenoxy) is 2. The van der Waals surface area contributed by atoms with E-state index < -0.39 is 17.5 Å². The first-order chi connectivity index (χ1) is 11.4. The summed E-state index contributed by atoms with van der Waals surface area (Å²) in [7, 11) is 0. The number of nitrogens with one attached hydrogen (secondary N) is 1. The summed E-state index contributed by atoms with van der Waals surface area (Å²) in [5, 5.41) is 12.3. The van der Waals surface area contributed by atoms with Crippen molar-refractivity contribution in [1.29, 1.82) is 0 Å². The molecule has 1 amide bonds. The number of hydrogen-bond acceptors (Lipinski definition) is 4. The van der Waals surface area contributed by atoms with Crippen LogP contribution in [-0.4, -0.2) is 48.9 Å². The molecule has 3 atom stereocenters. The van der Waals surface area contributed by atoms with E-state index in [2.05, 4.69) is 5.32 Å². The molecule has 1 aromatic rings. The molecular weight excluding hydrogens is 310 g/mol. The Morgan fingerprint density at radius 1 is 1.42 bits per heavy atom. The predicted molar refractivity (Wildman–Crippen MR) is 88.8 cm³/mol. The minimum atomic E-state index is -1.19. The molecule has 0 aromatic heterocycles. The van der Waals surface area contributed by atoms with Gasteiger partial charge in [0.05, 0.1) is 12.7 Å². The first kappa shape index (κ1) is 18.4. The van der Waals surface area contributed by atoms with Crippen molar-refractivity contribution < 1.29 is 24.2 Å². The maximum absolute atomic E-state index is 12.2. The molecule has 1 aromatic carbocycles. The molecule has 24 heavy (non-hydrogen) atoms. The second-order valence-electron chi connectivity index (χ2n) is 6.33. The average Bonchev–Trinajstić information content (AvgIpc) is 3.11. The summed E-state index contributed by atoms with van der Waals surface area (Å²) in [6.45, 7) is 4.37. The number of benzene rings is 1. The molecule has 1 fully saturated rings. The van der Waals surface area contributed by atoms with Crippen LogP contribution in [-0.2, 0) is 24.5 Å². The SMILES string of the molecule is CC(OCC1CCCO1)C(=O)NCC(C)(C(=O)O)c1ccccc1. The molecule has 1 heterocycles. The van der Waals surface area contributed by atoms with Gasteiger partial charge in [0, 0.05) is 13.2 Å². The van der Waals surface area contributed by atoms with Crippen molar-refractivity contribution in [2.75, 3.05) is 19.8 Å². The molecule has 132 valence electrons. The fourth-order valence-electron chi connectivity index (χ4n) is 2.62. The summed E-state index contributed by atoms with van der Waals surface area (Å²) < 4.78 is 11.0. The Kier molecular flexibility index (Phi) is 6.34. The van der Waals surface area contributed by atoms with E-state index in [4.69, 9.17) is 9.47 Å². The predicted octanol–water partition coefficient (Wildman–Crippen LogP) is 1.73. The minimum absolute atomic E-state index is 0.00118. The molecule has 1 saturated heterocycles. The molecule has 2 rings (SSSR count). The fraction of sp³-hybridized carbons (Fsp3) is 0.556. The van der Waals surface area contributed by atoms with Crippen LogP contribution in [0.1, 0.15) is 32.3 Å². The highest BCUT2D eigenvalue weighted by molar-refractivity contribution is 5.84. The van der Waals surface area contributed by atoms with Crippen molar-refractivity contribution >= 4 is 11.9 Å². The zero-order chi connectivity index (χ0) is 17.6. The molecule has 0 aliphatic carbocycles. The van der Waals surface area contributed by atoms with Crippen molar-refractivity contribution in [2.24, 2.45) is 0 Å². The van der Waals surface area contributed by atoms with Gasteiger partial charge in [0.15, 0.2) is 0 Å². The second-order valence-corrected chi connectivity index (χ2v) is 6.33. The standard InChI is InChI=1S/C18H25NO5/c1-13(24-11-15-9-6-10-23-15)16(20)19-12-18(2,17(21)22)14-7-4-3-5-8-14/h3-5,7-8,13,15H,6,9-12H2,1-2H3,(H,19,20)(H,21,22). The van der Waals surface area contributed by atoms with Gasteiger partial charge < -0.3 is 19.9 Å². The monoisotopic (exact) mass is 335 g/mol. The van der Waals surface area contributed by atoms with Crippen LogP contribution in [0, 0.1) is 0 Å². The number of rotatable bonds is 8. The van der Waals surface area contributed by atoms with Gasteiger partial charge in [-0.1, -0.05) is 30.3 Å². The number of amides is 1. The Balaban J connectivity index is 1.89. The zero-order valence-corrected chi connectivity index (χ0v) is 14.2. The smallest absolute Gasteiger partial charge is 0.315 e. The molecular formula is C18H25NO5. The lowest BCUT2D eigenvalue weighted by molar-refractivity contribution is -0.143. The molecule has 0 bridgehead atoms. The number of carbonyl (C=O) groups is 2. The van der Waals surface area contributed by atoms with Gasteiger partial charge in [-0.05, 0) is 32.3 Å². The van der Waals surface area contributed by atoms with Gasteiger partial charge >= 0.3 is 5.97 Å². The van der Waals surface area contributed by atoms with Gasteiger partial charge in [-0.3, -0.25) is 9.59 Å². The third-order valence-corrected chi connectivity index (χ3v) is 4.42. The lowest BCUT2D eigenvalue weighted by atomic mass is 9.82. The summed E-state index contributed by atoms with van der Waals surface area (Å²) in [4.78, 5) is 23.9. The summed E-state index contributed by atoms with van der Waals surface area (Å²) >= 11 is 0. The van der Waals surface area contributed by atoms with E-state index in [0.717, 1.165) is 19.4 Å². The van der Waals surface area contributed by atoms with Crippen molar-refractivity contribution in [3.63, 3.8) is 0 Å². The molecule has 0 saturated carbocycles. The van der Waals surface area contributed by atoms with Crippen LogP contribution in [0.5, 0.6) is 0 Å². The van der Waals surface area contributed by atoms with E-state index >= 15 is 0 Å². The average molecular weight is 335 g/mol. The van der Waals surface area contributed by atoms with Gasteiger partial charge in [-0.15, -0.1) is 0 Å². The Hall–Kier alpha value is -1.92. The Morgan fingerprint density at radius 2 is 2.12 bits per heavy atom.